The standard InChI is InChI=1S/C33H51NO5/c1-20(2)22-11-15-33(28(36)39-8)17-16-31(6)23(26(22)33)9-10-25-30(5)19-21(13-18-34(37)38)27(35)29(3,4)24(30)12-14-32(25,31)7/h21-26H,1,9-19H2,2-8H3/t21-,22+,23-,24+,25-,26-,30+,31-,32-,33+/m1/s1. The van der Waals surface area contributed by atoms with Crippen LogP contribution in [0, 0.1) is 72.7 Å². The molecule has 39 heavy (non-hydrogen) atoms. The molecule has 0 heterocycles. The zero-order valence-corrected chi connectivity index (χ0v) is 25.4. The van der Waals surface area contributed by atoms with Crippen LogP contribution in [0.15, 0.2) is 12.2 Å². The molecule has 6 heteroatoms. The average molecular weight is 542 g/mol. The number of carbonyl (C=O) groups is 2. The largest absolute Gasteiger partial charge is 0.469 e. The Balaban J connectivity index is 1.54. The molecule has 0 saturated heterocycles. The van der Waals surface area contributed by atoms with Crippen molar-refractivity contribution < 1.29 is 19.2 Å². The van der Waals surface area contributed by atoms with Crippen molar-refractivity contribution in [3.05, 3.63) is 22.3 Å². The first-order chi connectivity index (χ1) is 18.1. The van der Waals surface area contributed by atoms with Crippen LogP contribution in [-0.2, 0) is 14.3 Å². The van der Waals surface area contributed by atoms with Gasteiger partial charge in [0.1, 0.15) is 5.78 Å². The van der Waals surface area contributed by atoms with E-state index in [1.165, 1.54) is 5.57 Å². The van der Waals surface area contributed by atoms with Gasteiger partial charge < -0.3 is 4.74 Å². The summed E-state index contributed by atoms with van der Waals surface area (Å²) in [6.07, 6.45) is 9.32. The van der Waals surface area contributed by atoms with E-state index in [0.29, 0.717) is 30.1 Å². The molecule has 10 atom stereocenters. The van der Waals surface area contributed by atoms with E-state index in [1.54, 1.807) is 7.11 Å². The highest BCUT2D eigenvalue weighted by atomic mass is 16.6. The van der Waals surface area contributed by atoms with Gasteiger partial charge in [-0.2, -0.15) is 0 Å². The first-order valence-corrected chi connectivity index (χ1v) is 15.5. The molecular formula is C33H51NO5. The van der Waals surface area contributed by atoms with Crippen LogP contribution in [0.1, 0.15) is 106 Å². The summed E-state index contributed by atoms with van der Waals surface area (Å²) in [6, 6.07) is 0. The monoisotopic (exact) mass is 541 g/mol. The number of Topliss-reactive ketones (excluding diaryl/α,β-unsaturated/α-hetero) is 1. The second-order valence-corrected chi connectivity index (χ2v) is 15.7. The lowest BCUT2D eigenvalue weighted by Crippen LogP contribution is -2.67. The number of esters is 1. The van der Waals surface area contributed by atoms with Crippen LogP contribution in [0.4, 0.5) is 0 Å². The van der Waals surface area contributed by atoms with Crippen molar-refractivity contribution in [3.63, 3.8) is 0 Å². The summed E-state index contributed by atoms with van der Waals surface area (Å²) in [5, 5.41) is 11.3. The summed E-state index contributed by atoms with van der Waals surface area (Å²) in [7, 11) is 1.55. The van der Waals surface area contributed by atoms with Crippen LogP contribution in [0.5, 0.6) is 0 Å². The molecule has 5 aliphatic rings. The SMILES string of the molecule is C=C(C)[C@@H]1CC[C@]2(C(=O)OC)CC[C@]3(C)[C@H](CC[C@@H]4[C@@]5(C)C[C@@H](CC[N+](=O)[O-])C(=O)C(C)(C)[C@@H]5CC[C@]43C)[C@@H]12. The Kier molecular flexibility index (Phi) is 6.75. The quantitative estimate of drug-likeness (QED) is 0.158. The third-order valence-corrected chi connectivity index (χ3v) is 14.1. The van der Waals surface area contributed by atoms with E-state index in [0.717, 1.165) is 57.8 Å². The van der Waals surface area contributed by atoms with Gasteiger partial charge in [-0.05, 0) is 111 Å². The van der Waals surface area contributed by atoms with E-state index in [9.17, 15) is 19.7 Å². The van der Waals surface area contributed by atoms with Crippen LogP contribution in [-0.4, -0.2) is 30.3 Å². The molecule has 218 valence electrons. The molecule has 0 aromatic heterocycles. The van der Waals surface area contributed by atoms with Gasteiger partial charge in [-0.25, -0.2) is 0 Å². The molecule has 5 rings (SSSR count). The number of hydrogen-bond acceptors (Lipinski definition) is 5. The molecule has 0 N–H and O–H groups in total. The Bertz CT molecular complexity index is 1080. The molecule has 5 aliphatic carbocycles. The maximum atomic E-state index is 13.7. The summed E-state index contributed by atoms with van der Waals surface area (Å²) in [4.78, 5) is 38.1. The van der Waals surface area contributed by atoms with E-state index in [4.69, 9.17) is 4.74 Å². The summed E-state index contributed by atoms with van der Waals surface area (Å²) < 4.78 is 5.49. The minimum absolute atomic E-state index is 0.0116. The van der Waals surface area contributed by atoms with Crippen molar-refractivity contribution in [2.24, 2.45) is 62.6 Å². The fourth-order valence-electron chi connectivity index (χ4n) is 12.4. The lowest BCUT2D eigenvalue weighted by molar-refractivity contribution is -0.481. The van der Waals surface area contributed by atoms with Gasteiger partial charge in [-0.3, -0.25) is 19.7 Å². The number of nitrogens with zero attached hydrogens (tertiary/aromatic N) is 1. The smallest absolute Gasteiger partial charge is 0.312 e. The number of ketones is 1. The molecule has 0 unspecified atom stereocenters. The molecular weight excluding hydrogens is 490 g/mol. The Morgan fingerprint density at radius 1 is 1.00 bits per heavy atom. The fraction of sp³-hybridized carbons (Fsp3) is 0.879. The van der Waals surface area contributed by atoms with E-state index < -0.39 is 5.41 Å². The van der Waals surface area contributed by atoms with E-state index >= 15 is 0 Å². The number of rotatable bonds is 5. The second kappa shape index (κ2) is 9.14. The zero-order valence-electron chi connectivity index (χ0n) is 25.4. The van der Waals surface area contributed by atoms with Gasteiger partial charge >= 0.3 is 5.97 Å². The predicted octanol–water partition coefficient (Wildman–Crippen LogP) is 7.28. The Morgan fingerprint density at radius 3 is 2.31 bits per heavy atom. The predicted molar refractivity (Wildman–Crippen MR) is 151 cm³/mol. The number of nitro groups is 1. The fourth-order valence-corrected chi connectivity index (χ4v) is 12.4. The highest BCUT2D eigenvalue weighted by molar-refractivity contribution is 5.88. The lowest BCUT2D eigenvalue weighted by Gasteiger charge is -2.72. The van der Waals surface area contributed by atoms with E-state index in [1.807, 2.05) is 0 Å². The number of hydrogen-bond donors (Lipinski definition) is 0. The molecule has 0 amide bonds. The maximum Gasteiger partial charge on any atom is 0.312 e. The van der Waals surface area contributed by atoms with Crippen molar-refractivity contribution in [2.45, 2.75) is 106 Å². The minimum atomic E-state index is -0.462. The molecule has 0 aromatic carbocycles. The van der Waals surface area contributed by atoms with Crippen LogP contribution in [0.25, 0.3) is 0 Å². The molecule has 5 saturated carbocycles. The summed E-state index contributed by atoms with van der Waals surface area (Å²) in [5.41, 5.74) is 0.511. The Morgan fingerprint density at radius 2 is 1.69 bits per heavy atom. The maximum absolute atomic E-state index is 13.7. The third kappa shape index (κ3) is 3.70. The van der Waals surface area contributed by atoms with Crippen LogP contribution in [0.3, 0.4) is 0 Å². The van der Waals surface area contributed by atoms with Crippen LogP contribution >= 0.6 is 0 Å². The number of methoxy groups -OCH3 is 1. The molecule has 0 spiro atoms. The third-order valence-electron chi connectivity index (χ3n) is 14.1. The summed E-state index contributed by atoms with van der Waals surface area (Å²) in [5.74, 6) is 1.84. The van der Waals surface area contributed by atoms with E-state index in [-0.39, 0.29) is 56.7 Å². The summed E-state index contributed by atoms with van der Waals surface area (Å²) >= 11 is 0. The second-order valence-electron chi connectivity index (χ2n) is 15.7. The molecule has 0 aromatic rings. The molecule has 5 fully saturated rings. The van der Waals surface area contributed by atoms with Crippen molar-refractivity contribution in [3.8, 4) is 0 Å². The normalized spacial score (nSPS) is 48.2. The van der Waals surface area contributed by atoms with Gasteiger partial charge in [0.25, 0.3) is 0 Å². The van der Waals surface area contributed by atoms with Gasteiger partial charge in [0.15, 0.2) is 0 Å². The Hall–Kier alpha value is -1.72. The number of allylic oxidation sites excluding steroid dienone is 1. The zero-order chi connectivity index (χ0) is 28.8. The van der Waals surface area contributed by atoms with Crippen molar-refractivity contribution >= 4 is 11.8 Å². The Labute approximate surface area is 235 Å². The van der Waals surface area contributed by atoms with Crippen LogP contribution in [0.2, 0.25) is 0 Å². The van der Waals surface area contributed by atoms with Gasteiger partial charge in [-0.1, -0.05) is 46.8 Å². The average Bonchev–Trinajstić information content (AvgIpc) is 3.26. The number of ether oxygens (including phenoxy) is 1. The van der Waals surface area contributed by atoms with Gasteiger partial charge in [0, 0.05) is 22.7 Å². The number of carbonyl (C=O) groups excluding carboxylic acids is 2. The summed E-state index contributed by atoms with van der Waals surface area (Å²) in [6.45, 7) is 18.2. The number of fused-ring (bicyclic) bond motifs is 7. The lowest BCUT2D eigenvalue weighted by atomic mass is 9.32. The molecule has 6 nitrogen and oxygen atoms in total. The van der Waals surface area contributed by atoms with Crippen LogP contribution < -0.4 is 0 Å². The molecule has 0 bridgehead atoms. The van der Waals surface area contributed by atoms with Crippen molar-refractivity contribution in [1.29, 1.82) is 0 Å². The van der Waals surface area contributed by atoms with Gasteiger partial charge in [0.2, 0.25) is 6.54 Å². The molecule has 0 radical (unpaired) electrons. The first kappa shape index (κ1) is 28.8. The van der Waals surface area contributed by atoms with Crippen molar-refractivity contribution in [2.75, 3.05) is 13.7 Å². The van der Waals surface area contributed by atoms with Gasteiger partial charge in [0.05, 0.1) is 12.5 Å². The van der Waals surface area contributed by atoms with Gasteiger partial charge in [-0.15, -0.1) is 0 Å². The first-order valence-electron chi connectivity index (χ1n) is 15.5. The van der Waals surface area contributed by atoms with E-state index in [2.05, 4.69) is 48.1 Å². The van der Waals surface area contributed by atoms with Crippen molar-refractivity contribution in [1.82, 2.24) is 0 Å². The topological polar surface area (TPSA) is 86.5 Å². The highest BCUT2D eigenvalue weighted by Crippen LogP contribution is 2.77. The molecule has 0 aliphatic heterocycles. The minimum Gasteiger partial charge on any atom is -0.469 e. The highest BCUT2D eigenvalue weighted by Gasteiger charge is 2.72.